The molecule has 0 bridgehead atoms. The van der Waals surface area contributed by atoms with Crippen LogP contribution in [-0.4, -0.2) is 54.3 Å². The van der Waals surface area contributed by atoms with Crippen molar-refractivity contribution in [3.63, 3.8) is 0 Å². The summed E-state index contributed by atoms with van der Waals surface area (Å²) in [5.74, 6) is 0.861. The van der Waals surface area contributed by atoms with Crippen LogP contribution in [0.1, 0.15) is 18.4 Å². The van der Waals surface area contributed by atoms with Crippen molar-refractivity contribution in [2.24, 2.45) is 0 Å². The van der Waals surface area contributed by atoms with Crippen LogP contribution in [0.2, 0.25) is 0 Å². The maximum atomic E-state index is 13.6. The molecule has 0 radical (unpaired) electrons. The minimum atomic E-state index is -4.57. The number of nitrogen functional groups attached to an aromatic ring is 1. The van der Waals surface area contributed by atoms with Gasteiger partial charge in [-0.2, -0.15) is 18.2 Å². The SMILES string of the molecule is Nc1cc(C(F)(F)F)c(-c2cc(N3CCOCC3)nc(N3CCCC3)n2)cn1. The van der Waals surface area contributed by atoms with E-state index in [-0.39, 0.29) is 17.1 Å². The number of halogens is 3. The number of nitrogens with zero attached hydrogens (tertiary/aromatic N) is 5. The van der Waals surface area contributed by atoms with E-state index in [1.807, 2.05) is 9.80 Å². The first-order chi connectivity index (χ1) is 13.4. The Bertz CT molecular complexity index is 848. The predicted molar refractivity (Wildman–Crippen MR) is 99.2 cm³/mol. The Morgan fingerprint density at radius 2 is 1.68 bits per heavy atom. The molecular formula is C18H21F3N6O. The monoisotopic (exact) mass is 394 g/mol. The third kappa shape index (κ3) is 3.82. The number of nitrogens with two attached hydrogens (primary N) is 1. The fourth-order valence-corrected chi connectivity index (χ4v) is 3.48. The largest absolute Gasteiger partial charge is 0.417 e. The van der Waals surface area contributed by atoms with Gasteiger partial charge in [-0.1, -0.05) is 0 Å². The summed E-state index contributed by atoms with van der Waals surface area (Å²) in [6.07, 6.45) is -1.41. The zero-order valence-corrected chi connectivity index (χ0v) is 15.2. The third-order valence-corrected chi connectivity index (χ3v) is 4.93. The van der Waals surface area contributed by atoms with E-state index in [2.05, 4.69) is 15.0 Å². The van der Waals surface area contributed by atoms with Gasteiger partial charge < -0.3 is 20.3 Å². The van der Waals surface area contributed by atoms with Gasteiger partial charge in [0.05, 0.1) is 24.5 Å². The van der Waals surface area contributed by atoms with Gasteiger partial charge >= 0.3 is 6.18 Å². The quantitative estimate of drug-likeness (QED) is 0.857. The highest BCUT2D eigenvalue weighted by molar-refractivity contribution is 5.69. The molecule has 2 saturated heterocycles. The molecule has 0 aliphatic carbocycles. The third-order valence-electron chi connectivity index (χ3n) is 4.93. The number of morpholine rings is 1. The van der Waals surface area contributed by atoms with Crippen LogP contribution in [-0.2, 0) is 10.9 Å². The summed E-state index contributed by atoms with van der Waals surface area (Å²) in [7, 11) is 0. The number of pyridine rings is 1. The van der Waals surface area contributed by atoms with Crippen molar-refractivity contribution in [3.05, 3.63) is 23.9 Å². The zero-order valence-electron chi connectivity index (χ0n) is 15.2. The van der Waals surface area contributed by atoms with Crippen molar-refractivity contribution in [2.75, 3.05) is 54.9 Å². The predicted octanol–water partition coefficient (Wildman–Crippen LogP) is 2.58. The van der Waals surface area contributed by atoms with Crippen LogP contribution in [0.5, 0.6) is 0 Å². The normalized spacial score (nSPS) is 18.0. The molecule has 0 aromatic carbocycles. The van der Waals surface area contributed by atoms with Crippen molar-refractivity contribution in [1.29, 1.82) is 0 Å². The van der Waals surface area contributed by atoms with Crippen molar-refractivity contribution in [1.82, 2.24) is 15.0 Å². The molecule has 7 nitrogen and oxygen atoms in total. The van der Waals surface area contributed by atoms with Gasteiger partial charge in [-0.05, 0) is 18.9 Å². The Labute approximate surface area is 160 Å². The lowest BCUT2D eigenvalue weighted by atomic mass is 10.1. The number of ether oxygens (including phenoxy) is 1. The highest BCUT2D eigenvalue weighted by Crippen LogP contribution is 2.38. The van der Waals surface area contributed by atoms with Crippen LogP contribution in [0.15, 0.2) is 18.3 Å². The van der Waals surface area contributed by atoms with Gasteiger partial charge in [0.15, 0.2) is 0 Å². The fourth-order valence-electron chi connectivity index (χ4n) is 3.48. The van der Waals surface area contributed by atoms with Gasteiger partial charge in [0.1, 0.15) is 11.6 Å². The second-order valence-corrected chi connectivity index (χ2v) is 6.86. The smallest absolute Gasteiger partial charge is 0.384 e. The molecule has 0 saturated carbocycles. The maximum absolute atomic E-state index is 13.6. The van der Waals surface area contributed by atoms with Crippen LogP contribution in [0.4, 0.5) is 30.8 Å². The maximum Gasteiger partial charge on any atom is 0.417 e. The highest BCUT2D eigenvalue weighted by Gasteiger charge is 2.35. The summed E-state index contributed by atoms with van der Waals surface area (Å²) in [6, 6.07) is 2.44. The van der Waals surface area contributed by atoms with E-state index in [0.29, 0.717) is 38.1 Å². The Hall–Kier alpha value is -2.62. The number of aromatic nitrogens is 3. The Morgan fingerprint density at radius 3 is 2.36 bits per heavy atom. The van der Waals surface area contributed by atoms with E-state index in [1.165, 1.54) is 0 Å². The molecule has 0 atom stereocenters. The Morgan fingerprint density at radius 1 is 0.964 bits per heavy atom. The average Bonchev–Trinajstić information content (AvgIpc) is 3.22. The summed E-state index contributed by atoms with van der Waals surface area (Å²) >= 11 is 0. The summed E-state index contributed by atoms with van der Waals surface area (Å²) in [6.45, 7) is 3.94. The first-order valence-electron chi connectivity index (χ1n) is 9.21. The summed E-state index contributed by atoms with van der Waals surface area (Å²) in [5, 5.41) is 0. The Kier molecular flexibility index (Phi) is 4.96. The molecule has 4 rings (SSSR count). The van der Waals surface area contributed by atoms with Gasteiger partial charge in [-0.25, -0.2) is 9.97 Å². The summed E-state index contributed by atoms with van der Waals surface area (Å²) in [5.41, 5.74) is 4.75. The molecule has 0 spiro atoms. The molecule has 28 heavy (non-hydrogen) atoms. The van der Waals surface area contributed by atoms with E-state index in [9.17, 15) is 13.2 Å². The van der Waals surface area contributed by atoms with Crippen LogP contribution >= 0.6 is 0 Å². The van der Waals surface area contributed by atoms with Crippen LogP contribution in [0, 0.1) is 0 Å². The minimum absolute atomic E-state index is 0.0981. The van der Waals surface area contributed by atoms with Gasteiger partial charge in [0.25, 0.3) is 0 Å². The molecule has 0 amide bonds. The zero-order chi connectivity index (χ0) is 19.7. The number of alkyl halides is 3. The minimum Gasteiger partial charge on any atom is -0.384 e. The molecule has 4 heterocycles. The highest BCUT2D eigenvalue weighted by atomic mass is 19.4. The van der Waals surface area contributed by atoms with Crippen molar-refractivity contribution in [3.8, 4) is 11.3 Å². The first-order valence-corrected chi connectivity index (χ1v) is 9.21. The molecule has 10 heteroatoms. The molecular weight excluding hydrogens is 373 g/mol. The molecule has 2 aromatic rings. The first kappa shape index (κ1) is 18.7. The van der Waals surface area contributed by atoms with E-state index >= 15 is 0 Å². The average molecular weight is 394 g/mol. The van der Waals surface area contributed by atoms with Gasteiger partial charge in [-0.3, -0.25) is 0 Å². The number of hydrogen-bond donors (Lipinski definition) is 1. The topological polar surface area (TPSA) is 80.4 Å². The molecule has 2 aliphatic heterocycles. The molecule has 0 unspecified atom stereocenters. The van der Waals surface area contributed by atoms with Crippen molar-refractivity contribution >= 4 is 17.6 Å². The second-order valence-electron chi connectivity index (χ2n) is 6.86. The van der Waals surface area contributed by atoms with Crippen LogP contribution < -0.4 is 15.5 Å². The van der Waals surface area contributed by atoms with Gasteiger partial charge in [0, 0.05) is 44.0 Å². The van der Waals surface area contributed by atoms with Gasteiger partial charge in [0.2, 0.25) is 5.95 Å². The molecule has 2 aromatic heterocycles. The number of hydrogen-bond acceptors (Lipinski definition) is 7. The van der Waals surface area contributed by atoms with Crippen molar-refractivity contribution < 1.29 is 17.9 Å². The van der Waals surface area contributed by atoms with Crippen LogP contribution in [0.25, 0.3) is 11.3 Å². The Balaban J connectivity index is 1.83. The van der Waals surface area contributed by atoms with E-state index in [1.54, 1.807) is 6.07 Å². The van der Waals surface area contributed by atoms with E-state index in [4.69, 9.17) is 10.5 Å². The molecule has 2 fully saturated rings. The summed E-state index contributed by atoms with van der Waals surface area (Å²) < 4.78 is 46.2. The lowest BCUT2D eigenvalue weighted by Gasteiger charge is -2.29. The molecule has 2 N–H and O–H groups in total. The molecule has 150 valence electrons. The van der Waals surface area contributed by atoms with E-state index < -0.39 is 11.7 Å². The van der Waals surface area contributed by atoms with Crippen molar-refractivity contribution in [2.45, 2.75) is 19.0 Å². The van der Waals surface area contributed by atoms with Crippen LogP contribution in [0.3, 0.4) is 0 Å². The second kappa shape index (κ2) is 7.42. The molecule has 2 aliphatic rings. The standard InChI is InChI=1S/C18H21F3N6O/c19-18(20,21)13-9-15(22)23-11-12(13)14-10-16(26-5-7-28-8-6-26)25-17(24-14)27-3-1-2-4-27/h9-11H,1-8H2,(H2,22,23). The van der Waals surface area contributed by atoms with Gasteiger partial charge in [-0.15, -0.1) is 0 Å². The van der Waals surface area contributed by atoms with E-state index in [0.717, 1.165) is 38.2 Å². The lowest BCUT2D eigenvalue weighted by molar-refractivity contribution is -0.137. The summed E-state index contributed by atoms with van der Waals surface area (Å²) in [4.78, 5) is 17.0. The lowest BCUT2D eigenvalue weighted by Crippen LogP contribution is -2.37. The number of rotatable bonds is 3. The fraction of sp³-hybridized carbons (Fsp3) is 0.500. The number of anilines is 3.